The Labute approximate surface area is 398 Å². The van der Waals surface area contributed by atoms with Crippen LogP contribution in [0.2, 0.25) is 39.3 Å². The molecular formula is C49H88N2O13Si2. The minimum Gasteiger partial charge on any atom is -0.459 e. The lowest BCUT2D eigenvalue weighted by molar-refractivity contribution is -0.315. The molecule has 0 aliphatic carbocycles. The van der Waals surface area contributed by atoms with Gasteiger partial charge in [-0.25, -0.2) is 0 Å². The van der Waals surface area contributed by atoms with Crippen LogP contribution in [0.4, 0.5) is 0 Å². The van der Waals surface area contributed by atoms with Crippen LogP contribution in [0, 0.1) is 23.7 Å². The number of oxime groups is 1. The molecule has 3 aliphatic rings. The summed E-state index contributed by atoms with van der Waals surface area (Å²) in [7, 11) is 1.42. The Morgan fingerprint density at radius 1 is 0.833 bits per heavy atom. The van der Waals surface area contributed by atoms with Crippen molar-refractivity contribution < 1.29 is 62.2 Å². The van der Waals surface area contributed by atoms with Crippen molar-refractivity contribution in [1.29, 1.82) is 0 Å². The summed E-state index contributed by atoms with van der Waals surface area (Å²) < 4.78 is 53.6. The van der Waals surface area contributed by atoms with Gasteiger partial charge >= 0.3 is 5.97 Å². The molecule has 0 aromatic heterocycles. The number of esters is 1. The largest absolute Gasteiger partial charge is 0.459 e. The molecule has 3 fully saturated rings. The van der Waals surface area contributed by atoms with Crippen LogP contribution >= 0.6 is 0 Å². The highest BCUT2D eigenvalue weighted by atomic mass is 28.4. The van der Waals surface area contributed by atoms with E-state index in [1.54, 1.807) is 46.9 Å². The topological polar surface area (TPSA) is 176 Å². The maximum absolute atomic E-state index is 14.7. The molecule has 3 heterocycles. The number of benzene rings is 1. The number of nitrogens with zero attached hydrogens (tertiary/aromatic N) is 2. The van der Waals surface area contributed by atoms with E-state index in [-0.39, 0.29) is 31.4 Å². The summed E-state index contributed by atoms with van der Waals surface area (Å²) in [6, 6.07) is 8.97. The van der Waals surface area contributed by atoms with E-state index in [1.807, 2.05) is 66.9 Å². The molecule has 0 radical (unpaired) electrons. The van der Waals surface area contributed by atoms with Gasteiger partial charge in [0.25, 0.3) is 0 Å². The average molecular weight is 969 g/mol. The van der Waals surface area contributed by atoms with Gasteiger partial charge in [-0.1, -0.05) is 51.0 Å². The fourth-order valence-electron chi connectivity index (χ4n) is 10.3. The third-order valence-corrected chi connectivity index (χ3v) is 15.7. The van der Waals surface area contributed by atoms with Gasteiger partial charge in [-0.2, -0.15) is 0 Å². The summed E-state index contributed by atoms with van der Waals surface area (Å²) in [5.41, 5.74) is -4.07. The SMILES string of the molecule is CC[C@H]1OC(=O)[C@H](C)[C@@H](O[C@H]2C[C@@](C)(OC)[C@@H](O[Si](C)(C)C)[C@H](C)O2)[C@H](C)[C@@H](O[C@@H]2O[C@H](C)C[C@H](N(C)C)[C@H]2O[Si](C)(C)C)C(C)(O)C[C@H](C)/C(=N\Oc2ccccc2)[C@H](C)[C@@H](O)[C@]1(C)O. The summed E-state index contributed by atoms with van der Waals surface area (Å²) >= 11 is 0. The van der Waals surface area contributed by atoms with Crippen LogP contribution in [0.1, 0.15) is 94.9 Å². The number of para-hydroxylation sites is 1. The predicted molar refractivity (Wildman–Crippen MR) is 260 cm³/mol. The van der Waals surface area contributed by atoms with Crippen LogP contribution in [0.5, 0.6) is 5.75 Å². The van der Waals surface area contributed by atoms with E-state index in [1.165, 1.54) is 6.92 Å². The summed E-state index contributed by atoms with van der Waals surface area (Å²) in [4.78, 5) is 22.8. The molecule has 3 saturated heterocycles. The van der Waals surface area contributed by atoms with E-state index in [9.17, 15) is 20.1 Å². The van der Waals surface area contributed by atoms with Crippen molar-refractivity contribution in [2.75, 3.05) is 21.2 Å². The number of cyclic esters (lactones) is 1. The third kappa shape index (κ3) is 14.2. The predicted octanol–water partition coefficient (Wildman–Crippen LogP) is 7.37. The van der Waals surface area contributed by atoms with Crippen molar-refractivity contribution in [2.45, 2.75) is 218 Å². The highest BCUT2D eigenvalue weighted by Crippen LogP contribution is 2.42. The number of aliphatic hydroxyl groups is 3. The summed E-state index contributed by atoms with van der Waals surface area (Å²) in [6.07, 6.45) is -6.88. The quantitative estimate of drug-likeness (QED) is 0.102. The van der Waals surface area contributed by atoms with E-state index in [0.717, 1.165) is 0 Å². The van der Waals surface area contributed by atoms with Crippen molar-refractivity contribution >= 4 is 28.3 Å². The van der Waals surface area contributed by atoms with Crippen LogP contribution < -0.4 is 4.84 Å². The van der Waals surface area contributed by atoms with E-state index < -0.39 is 118 Å². The molecule has 1 unspecified atom stereocenters. The molecular weight excluding hydrogens is 881 g/mol. The number of methoxy groups -OCH3 is 1. The number of aliphatic hydroxyl groups excluding tert-OH is 1. The summed E-state index contributed by atoms with van der Waals surface area (Å²) in [5, 5.41) is 42.2. The number of hydrogen-bond acceptors (Lipinski definition) is 15. The second-order valence-electron chi connectivity index (χ2n) is 22.4. The van der Waals surface area contributed by atoms with Crippen molar-refractivity contribution in [3.05, 3.63) is 30.3 Å². The monoisotopic (exact) mass is 969 g/mol. The molecule has 4 rings (SSSR count). The Bertz CT molecular complexity index is 1720. The van der Waals surface area contributed by atoms with Crippen molar-refractivity contribution in [1.82, 2.24) is 4.90 Å². The minimum absolute atomic E-state index is 0.0499. The fourth-order valence-corrected chi connectivity index (χ4v) is 12.6. The molecule has 380 valence electrons. The molecule has 0 saturated carbocycles. The fraction of sp³-hybridized carbons (Fsp3) is 0.837. The lowest BCUT2D eigenvalue weighted by Crippen LogP contribution is -2.62. The summed E-state index contributed by atoms with van der Waals surface area (Å²) in [5.74, 6) is -3.35. The van der Waals surface area contributed by atoms with Crippen LogP contribution in [-0.4, -0.2) is 154 Å². The van der Waals surface area contributed by atoms with Gasteiger partial charge in [0.05, 0.1) is 59.5 Å². The first-order valence-electron chi connectivity index (χ1n) is 24.2. The van der Waals surface area contributed by atoms with Crippen LogP contribution in [-0.2, 0) is 42.1 Å². The molecule has 0 spiro atoms. The highest BCUT2D eigenvalue weighted by Gasteiger charge is 2.54. The first-order chi connectivity index (χ1) is 30.4. The number of carbonyl (C=O) groups is 1. The Morgan fingerprint density at radius 3 is 1.98 bits per heavy atom. The van der Waals surface area contributed by atoms with E-state index >= 15 is 0 Å². The molecule has 3 N–H and O–H groups in total. The van der Waals surface area contributed by atoms with Crippen LogP contribution in [0.15, 0.2) is 35.5 Å². The number of ether oxygens (including phenoxy) is 6. The maximum atomic E-state index is 14.7. The first kappa shape index (κ1) is 56.7. The van der Waals surface area contributed by atoms with Gasteiger partial charge in [0.2, 0.25) is 0 Å². The zero-order valence-electron chi connectivity index (χ0n) is 43.7. The van der Waals surface area contributed by atoms with Gasteiger partial charge < -0.3 is 62.3 Å². The zero-order chi connectivity index (χ0) is 49.9. The second-order valence-corrected chi connectivity index (χ2v) is 31.3. The van der Waals surface area contributed by atoms with Crippen molar-refractivity contribution in [3.63, 3.8) is 0 Å². The molecule has 15 nitrogen and oxygen atoms in total. The lowest BCUT2D eigenvalue weighted by Gasteiger charge is -2.51. The molecule has 66 heavy (non-hydrogen) atoms. The smallest absolute Gasteiger partial charge is 0.311 e. The second kappa shape index (κ2) is 22.5. The van der Waals surface area contributed by atoms with Gasteiger partial charge in [-0.3, -0.25) is 4.79 Å². The van der Waals surface area contributed by atoms with E-state index in [2.05, 4.69) is 49.3 Å². The molecule has 1 aromatic rings. The standard InChI is InChI=1S/C49H88N2O13Si2/c1-20-37-49(10,55)42(52)31(4)39(50-62-35-24-22-21-23-25-35)29(2)27-47(8,54)43(61-46-41(63-65(14,15)16)36(51(11)12)26-30(3)57-46)32(5)40(33(6)45(53)59-37)60-38-28-48(9,56-13)44(34(7)58-38)64-66(17,18)19/h21-25,29-34,36-38,40-44,46,52,54-55H,20,26-28H2,1-19H3/b50-39+/t29-,30+,31-,32-,33+,34-,36-,37+,38-,40-,41+,42+,43+,44-,46-,47?,48+,49+/m0/s1. The number of carbonyl (C=O) groups excluding carboxylic acids is 1. The van der Waals surface area contributed by atoms with Gasteiger partial charge in [0.1, 0.15) is 17.8 Å². The van der Waals surface area contributed by atoms with Crippen molar-refractivity contribution in [2.24, 2.45) is 28.8 Å². The molecule has 1 aromatic carbocycles. The van der Waals surface area contributed by atoms with E-state index in [4.69, 9.17) is 42.1 Å². The van der Waals surface area contributed by atoms with Gasteiger partial charge in [0, 0.05) is 37.3 Å². The Hall–Kier alpha value is -1.85. The number of hydrogen-bond donors (Lipinski definition) is 3. The Kier molecular flexibility index (Phi) is 19.3. The van der Waals surface area contributed by atoms with Gasteiger partial charge in [0.15, 0.2) is 35.0 Å². The highest BCUT2D eigenvalue weighted by molar-refractivity contribution is 6.70. The summed E-state index contributed by atoms with van der Waals surface area (Å²) in [6.45, 7) is 30.9. The van der Waals surface area contributed by atoms with Crippen molar-refractivity contribution in [3.8, 4) is 5.75 Å². The average Bonchev–Trinajstić information content (AvgIpc) is 3.21. The minimum atomic E-state index is -2.22. The first-order valence-corrected chi connectivity index (χ1v) is 31.0. The molecule has 18 atom stereocenters. The van der Waals surface area contributed by atoms with E-state index in [0.29, 0.717) is 17.9 Å². The van der Waals surface area contributed by atoms with Crippen LogP contribution in [0.3, 0.4) is 0 Å². The van der Waals surface area contributed by atoms with Gasteiger partial charge in [-0.05, 0) is 126 Å². The van der Waals surface area contributed by atoms with Crippen LogP contribution in [0.25, 0.3) is 0 Å². The third-order valence-electron chi connectivity index (χ3n) is 13.8. The normalized spacial score (nSPS) is 42.2. The molecule has 3 aliphatic heterocycles. The lowest BCUT2D eigenvalue weighted by atomic mass is 9.73. The van der Waals surface area contributed by atoms with Gasteiger partial charge in [-0.15, -0.1) is 0 Å². The zero-order valence-corrected chi connectivity index (χ0v) is 45.7. The Balaban J connectivity index is 1.94. The molecule has 17 heteroatoms. The molecule has 0 bridgehead atoms. The number of rotatable bonds is 13. The molecule has 0 amide bonds. The maximum Gasteiger partial charge on any atom is 0.311 e. The Morgan fingerprint density at radius 2 is 1.44 bits per heavy atom. The number of likely N-dealkylation sites (N-methyl/N-ethyl adjacent to an activating group) is 1.